The molecule has 1 rings (SSSR count). The van der Waals surface area contributed by atoms with E-state index in [1.54, 1.807) is 0 Å². The van der Waals surface area contributed by atoms with Gasteiger partial charge in [-0.05, 0) is 32.9 Å². The average Bonchev–Trinajstić information content (AvgIpc) is 2.35. The molecule has 1 aliphatic rings. The summed E-state index contributed by atoms with van der Waals surface area (Å²) in [4.78, 5) is 13.7. The van der Waals surface area contributed by atoms with Crippen LogP contribution >= 0.6 is 0 Å². The Hall–Kier alpha value is -0.820. The van der Waals surface area contributed by atoms with Gasteiger partial charge in [0.25, 0.3) is 0 Å². The van der Waals surface area contributed by atoms with Crippen LogP contribution in [0.3, 0.4) is 0 Å². The standard InChI is InChI=1S/C12H22F3N3O/c1-10(18-5-3-2-4-6-18)7-17-11(19)8-16-9-12(13,14)15/h10,16H,2-9H2,1H3,(H,17,19). The Morgan fingerprint density at radius 1 is 1.26 bits per heavy atom. The number of hydrogen-bond donors (Lipinski definition) is 2. The maximum absolute atomic E-state index is 11.9. The van der Waals surface area contributed by atoms with Crippen LogP contribution in [0.2, 0.25) is 0 Å². The van der Waals surface area contributed by atoms with Gasteiger partial charge in [0.15, 0.2) is 0 Å². The Labute approximate surface area is 111 Å². The van der Waals surface area contributed by atoms with Crippen LogP contribution < -0.4 is 10.6 Å². The second kappa shape index (κ2) is 7.69. The van der Waals surface area contributed by atoms with E-state index in [2.05, 4.69) is 15.5 Å². The highest BCUT2D eigenvalue weighted by atomic mass is 19.4. The van der Waals surface area contributed by atoms with Crippen molar-refractivity contribution < 1.29 is 18.0 Å². The first-order valence-corrected chi connectivity index (χ1v) is 6.67. The molecule has 1 unspecified atom stereocenters. The van der Waals surface area contributed by atoms with Gasteiger partial charge in [-0.1, -0.05) is 6.42 Å². The lowest BCUT2D eigenvalue weighted by Gasteiger charge is -2.32. The molecule has 4 nitrogen and oxygen atoms in total. The van der Waals surface area contributed by atoms with Crippen molar-refractivity contribution in [2.75, 3.05) is 32.7 Å². The molecule has 2 N–H and O–H groups in total. The summed E-state index contributed by atoms with van der Waals surface area (Å²) < 4.78 is 35.6. The minimum Gasteiger partial charge on any atom is -0.353 e. The Morgan fingerprint density at radius 3 is 2.47 bits per heavy atom. The highest BCUT2D eigenvalue weighted by molar-refractivity contribution is 5.77. The van der Waals surface area contributed by atoms with Crippen molar-refractivity contribution in [1.29, 1.82) is 0 Å². The molecule has 7 heteroatoms. The molecule has 19 heavy (non-hydrogen) atoms. The largest absolute Gasteiger partial charge is 0.401 e. The zero-order valence-corrected chi connectivity index (χ0v) is 11.2. The number of nitrogens with one attached hydrogen (secondary N) is 2. The first kappa shape index (κ1) is 16.2. The summed E-state index contributed by atoms with van der Waals surface area (Å²) in [6, 6.07) is 0.229. The van der Waals surface area contributed by atoms with Gasteiger partial charge in [-0.2, -0.15) is 13.2 Å². The number of carbonyl (C=O) groups excluding carboxylic acids is 1. The predicted octanol–water partition coefficient (Wildman–Crippen LogP) is 1.13. The van der Waals surface area contributed by atoms with E-state index < -0.39 is 18.6 Å². The fourth-order valence-corrected chi connectivity index (χ4v) is 2.13. The topological polar surface area (TPSA) is 44.4 Å². The van der Waals surface area contributed by atoms with E-state index in [-0.39, 0.29) is 12.6 Å². The molecular weight excluding hydrogens is 259 g/mol. The molecule has 0 aromatic rings. The molecule has 1 saturated heterocycles. The molecule has 1 heterocycles. The molecule has 1 atom stereocenters. The number of amides is 1. The summed E-state index contributed by atoms with van der Waals surface area (Å²) >= 11 is 0. The molecule has 0 spiro atoms. The van der Waals surface area contributed by atoms with Crippen LogP contribution in [0.15, 0.2) is 0 Å². The number of likely N-dealkylation sites (tertiary alicyclic amines) is 1. The van der Waals surface area contributed by atoms with Crippen LogP contribution in [-0.2, 0) is 4.79 Å². The molecule has 0 bridgehead atoms. The van der Waals surface area contributed by atoms with E-state index in [9.17, 15) is 18.0 Å². The number of alkyl halides is 3. The Morgan fingerprint density at radius 2 is 1.89 bits per heavy atom. The van der Waals surface area contributed by atoms with E-state index in [1.165, 1.54) is 19.3 Å². The lowest BCUT2D eigenvalue weighted by Crippen LogP contribution is -2.46. The number of piperidine rings is 1. The van der Waals surface area contributed by atoms with Crippen molar-refractivity contribution in [3.05, 3.63) is 0 Å². The molecule has 1 amide bonds. The fourth-order valence-electron chi connectivity index (χ4n) is 2.13. The Balaban J connectivity index is 2.11. The van der Waals surface area contributed by atoms with Crippen molar-refractivity contribution in [2.24, 2.45) is 0 Å². The van der Waals surface area contributed by atoms with Crippen molar-refractivity contribution in [1.82, 2.24) is 15.5 Å². The predicted molar refractivity (Wildman–Crippen MR) is 66.8 cm³/mol. The molecule has 0 aromatic carbocycles. The third-order valence-electron chi connectivity index (χ3n) is 3.22. The summed E-state index contributed by atoms with van der Waals surface area (Å²) in [5.41, 5.74) is 0. The van der Waals surface area contributed by atoms with Crippen molar-refractivity contribution in [3.8, 4) is 0 Å². The van der Waals surface area contributed by atoms with Crippen LogP contribution in [0.5, 0.6) is 0 Å². The van der Waals surface area contributed by atoms with Crippen LogP contribution in [0, 0.1) is 0 Å². The Kier molecular flexibility index (Phi) is 6.57. The van der Waals surface area contributed by atoms with Gasteiger partial charge in [-0.3, -0.25) is 9.69 Å². The molecule has 0 saturated carbocycles. The van der Waals surface area contributed by atoms with E-state index in [0.717, 1.165) is 13.1 Å². The third kappa shape index (κ3) is 7.37. The maximum atomic E-state index is 11.9. The summed E-state index contributed by atoms with van der Waals surface area (Å²) in [7, 11) is 0. The monoisotopic (exact) mass is 281 g/mol. The van der Waals surface area contributed by atoms with Gasteiger partial charge in [-0.25, -0.2) is 0 Å². The van der Waals surface area contributed by atoms with Gasteiger partial charge < -0.3 is 10.6 Å². The van der Waals surface area contributed by atoms with Crippen LogP contribution in [0.1, 0.15) is 26.2 Å². The normalized spacial score (nSPS) is 19.2. The summed E-state index contributed by atoms with van der Waals surface area (Å²) in [5, 5.41) is 4.73. The molecule has 0 aliphatic carbocycles. The van der Waals surface area contributed by atoms with Gasteiger partial charge >= 0.3 is 6.18 Å². The van der Waals surface area contributed by atoms with E-state index in [1.807, 2.05) is 6.92 Å². The van der Waals surface area contributed by atoms with Gasteiger partial charge in [0, 0.05) is 12.6 Å². The van der Waals surface area contributed by atoms with E-state index in [4.69, 9.17) is 0 Å². The van der Waals surface area contributed by atoms with E-state index in [0.29, 0.717) is 6.54 Å². The summed E-state index contributed by atoms with van der Waals surface area (Å²) in [6.45, 7) is 3.13. The number of halogens is 3. The molecular formula is C12H22F3N3O. The van der Waals surface area contributed by atoms with E-state index >= 15 is 0 Å². The van der Waals surface area contributed by atoms with Gasteiger partial charge in [0.2, 0.25) is 5.91 Å². The quantitative estimate of drug-likeness (QED) is 0.767. The highest BCUT2D eigenvalue weighted by Gasteiger charge is 2.26. The van der Waals surface area contributed by atoms with Crippen LogP contribution in [0.25, 0.3) is 0 Å². The zero-order chi connectivity index (χ0) is 14.3. The number of carbonyl (C=O) groups is 1. The van der Waals surface area contributed by atoms with Gasteiger partial charge in [-0.15, -0.1) is 0 Å². The second-order valence-corrected chi connectivity index (χ2v) is 4.97. The second-order valence-electron chi connectivity index (χ2n) is 4.97. The fraction of sp³-hybridized carbons (Fsp3) is 0.917. The third-order valence-corrected chi connectivity index (χ3v) is 3.22. The molecule has 0 radical (unpaired) electrons. The SMILES string of the molecule is CC(CNC(=O)CNCC(F)(F)F)N1CCCCC1. The first-order valence-electron chi connectivity index (χ1n) is 6.67. The summed E-state index contributed by atoms with van der Waals surface area (Å²) in [5.74, 6) is -0.395. The smallest absolute Gasteiger partial charge is 0.353 e. The lowest BCUT2D eigenvalue weighted by molar-refractivity contribution is -0.128. The van der Waals surface area contributed by atoms with Crippen molar-refractivity contribution in [2.45, 2.75) is 38.4 Å². The van der Waals surface area contributed by atoms with Gasteiger partial charge in [0.1, 0.15) is 0 Å². The summed E-state index contributed by atoms with van der Waals surface area (Å²) in [6.07, 6.45) is -0.685. The lowest BCUT2D eigenvalue weighted by atomic mass is 10.1. The zero-order valence-electron chi connectivity index (χ0n) is 11.2. The number of rotatable bonds is 6. The maximum Gasteiger partial charge on any atom is 0.401 e. The number of hydrogen-bond acceptors (Lipinski definition) is 3. The van der Waals surface area contributed by atoms with Crippen molar-refractivity contribution >= 4 is 5.91 Å². The Bertz CT molecular complexity index is 278. The number of nitrogens with zero attached hydrogens (tertiary/aromatic N) is 1. The minimum absolute atomic E-state index is 0.229. The minimum atomic E-state index is -4.28. The average molecular weight is 281 g/mol. The molecule has 0 aromatic heterocycles. The molecule has 1 fully saturated rings. The highest BCUT2D eigenvalue weighted by Crippen LogP contribution is 2.12. The molecule has 112 valence electrons. The van der Waals surface area contributed by atoms with Crippen LogP contribution in [-0.4, -0.2) is 55.7 Å². The van der Waals surface area contributed by atoms with Crippen LogP contribution in [0.4, 0.5) is 13.2 Å². The molecule has 1 aliphatic heterocycles. The van der Waals surface area contributed by atoms with Crippen molar-refractivity contribution in [3.63, 3.8) is 0 Å². The van der Waals surface area contributed by atoms with Gasteiger partial charge in [0.05, 0.1) is 13.1 Å². The first-order chi connectivity index (χ1) is 8.88.